The van der Waals surface area contributed by atoms with E-state index in [9.17, 15) is 10.5 Å². The van der Waals surface area contributed by atoms with Gasteiger partial charge in [-0.15, -0.1) is 0 Å². The van der Waals surface area contributed by atoms with Crippen molar-refractivity contribution in [1.82, 2.24) is 19.1 Å². The van der Waals surface area contributed by atoms with Gasteiger partial charge in [-0.1, -0.05) is 84.6 Å². The van der Waals surface area contributed by atoms with E-state index < -0.39 is 5.41 Å². The molecule has 6 aromatic carbocycles. The molecule has 2 aliphatic rings. The van der Waals surface area contributed by atoms with Crippen molar-refractivity contribution in [2.24, 2.45) is 0 Å². The molecule has 7 heteroatoms. The molecule has 10 aromatic rings. The second-order valence-corrected chi connectivity index (χ2v) is 15.4. The van der Waals surface area contributed by atoms with Crippen LogP contribution < -0.4 is 0 Å². The fraction of sp³-hybridized carbons (Fsp3) is 0.0204. The molecule has 4 aromatic heterocycles. The van der Waals surface area contributed by atoms with Gasteiger partial charge in [-0.05, 0) is 95.1 Å². The number of para-hydroxylation sites is 2. The molecule has 0 amide bonds. The molecule has 0 saturated heterocycles. The molecule has 1 spiro atoms. The number of hydrogen-bond donors (Lipinski definition) is 0. The normalized spacial score (nSPS) is 13.4. The van der Waals surface area contributed by atoms with Gasteiger partial charge in [0.1, 0.15) is 0 Å². The summed E-state index contributed by atoms with van der Waals surface area (Å²) in [6, 6.07) is 55.6. The lowest BCUT2D eigenvalue weighted by atomic mass is 9.67. The number of aromatic nitrogens is 4. The summed E-state index contributed by atoms with van der Waals surface area (Å²) in [5.41, 5.74) is 13.2. The minimum Gasteiger partial charge on any atom is -0.308 e. The maximum Gasteiger partial charge on any atom is 0.0991 e. The van der Waals surface area contributed by atoms with E-state index in [4.69, 9.17) is 9.97 Å². The van der Waals surface area contributed by atoms with Gasteiger partial charge in [-0.25, -0.2) is 0 Å². The summed E-state index contributed by atoms with van der Waals surface area (Å²) in [6.07, 6.45) is 3.73. The van der Waals surface area contributed by atoms with E-state index in [1.807, 2.05) is 48.8 Å². The highest BCUT2D eigenvalue weighted by molar-refractivity contribution is 7.99. The Labute approximate surface area is 325 Å². The first-order chi connectivity index (χ1) is 27.7. The first kappa shape index (κ1) is 31.0. The zero-order chi connectivity index (χ0) is 37.1. The fourth-order valence-electron chi connectivity index (χ4n) is 9.58. The molecule has 56 heavy (non-hydrogen) atoms. The van der Waals surface area contributed by atoms with Crippen LogP contribution in [0.2, 0.25) is 0 Å². The Kier molecular flexibility index (Phi) is 6.24. The first-order valence-corrected chi connectivity index (χ1v) is 19.3. The van der Waals surface area contributed by atoms with Gasteiger partial charge in [0.2, 0.25) is 0 Å². The molecule has 0 atom stereocenters. The predicted octanol–water partition coefficient (Wildman–Crippen LogP) is 11.2. The fourth-order valence-corrected chi connectivity index (χ4v) is 11.0. The van der Waals surface area contributed by atoms with Crippen molar-refractivity contribution < 1.29 is 0 Å². The quantitative estimate of drug-likeness (QED) is 0.177. The summed E-state index contributed by atoms with van der Waals surface area (Å²) in [4.78, 5) is 12.3. The third-order valence-electron chi connectivity index (χ3n) is 11.7. The van der Waals surface area contributed by atoms with Crippen LogP contribution in [0.3, 0.4) is 0 Å². The Balaban J connectivity index is 1.25. The van der Waals surface area contributed by atoms with E-state index in [-0.39, 0.29) is 0 Å². The smallest absolute Gasteiger partial charge is 0.0991 e. The molecular formula is C49H26N6S. The van der Waals surface area contributed by atoms with Gasteiger partial charge in [0, 0.05) is 43.7 Å². The molecule has 0 unspecified atom stereocenters. The molecule has 12 rings (SSSR count). The molecule has 0 radical (unpaired) electrons. The third kappa shape index (κ3) is 3.84. The average molecular weight is 731 g/mol. The zero-order valence-corrected chi connectivity index (χ0v) is 30.4. The van der Waals surface area contributed by atoms with Crippen molar-refractivity contribution in [2.45, 2.75) is 15.2 Å². The molecule has 0 fully saturated rings. The SMILES string of the molecule is N#Cc1ccc2c(c1)c1ccccc1n2-c1cccc2c1Sc1c(-n3c4ccccc4c4cc(C#N)ccc43)cccc1C21c2cccnc2-c2ncccc21. The highest BCUT2D eigenvalue weighted by atomic mass is 32.2. The molecule has 0 N–H and O–H groups in total. The van der Waals surface area contributed by atoms with Crippen LogP contribution in [0.1, 0.15) is 33.4 Å². The Morgan fingerprint density at radius 2 is 0.893 bits per heavy atom. The summed E-state index contributed by atoms with van der Waals surface area (Å²) in [5.74, 6) is 0. The van der Waals surface area contributed by atoms with Gasteiger partial charge < -0.3 is 9.13 Å². The minimum atomic E-state index is -0.728. The Morgan fingerprint density at radius 1 is 0.446 bits per heavy atom. The van der Waals surface area contributed by atoms with Crippen molar-refractivity contribution in [1.29, 1.82) is 10.5 Å². The molecule has 1 aliphatic carbocycles. The van der Waals surface area contributed by atoms with Gasteiger partial charge in [0.25, 0.3) is 0 Å². The van der Waals surface area contributed by atoms with Gasteiger partial charge in [0.15, 0.2) is 0 Å². The number of benzene rings is 6. The van der Waals surface area contributed by atoms with E-state index in [1.54, 1.807) is 11.8 Å². The van der Waals surface area contributed by atoms with E-state index in [2.05, 4.69) is 130 Å². The van der Waals surface area contributed by atoms with Crippen LogP contribution in [-0.4, -0.2) is 19.1 Å². The highest BCUT2D eigenvalue weighted by Gasteiger charge is 2.52. The molecule has 6 nitrogen and oxygen atoms in total. The van der Waals surface area contributed by atoms with Gasteiger partial charge >= 0.3 is 0 Å². The summed E-state index contributed by atoms with van der Waals surface area (Å²) < 4.78 is 4.73. The van der Waals surface area contributed by atoms with Crippen molar-refractivity contribution in [3.63, 3.8) is 0 Å². The minimum absolute atomic E-state index is 0.634. The van der Waals surface area contributed by atoms with Crippen molar-refractivity contribution in [3.8, 4) is 34.9 Å². The predicted molar refractivity (Wildman–Crippen MR) is 222 cm³/mol. The summed E-state index contributed by atoms with van der Waals surface area (Å²) in [6.45, 7) is 0. The summed E-state index contributed by atoms with van der Waals surface area (Å²) >= 11 is 1.80. The number of fused-ring (bicyclic) bond motifs is 15. The second kappa shape index (κ2) is 11.3. The van der Waals surface area contributed by atoms with E-state index in [0.29, 0.717) is 11.1 Å². The van der Waals surface area contributed by atoms with E-state index in [1.165, 1.54) is 11.1 Å². The van der Waals surface area contributed by atoms with Gasteiger partial charge in [0.05, 0.1) is 73.5 Å². The van der Waals surface area contributed by atoms with E-state index in [0.717, 1.165) is 87.3 Å². The number of pyridine rings is 2. The Hall–Kier alpha value is -7.45. The van der Waals surface area contributed by atoms with Crippen LogP contribution in [0.25, 0.3) is 66.4 Å². The monoisotopic (exact) mass is 730 g/mol. The first-order valence-electron chi connectivity index (χ1n) is 18.4. The van der Waals surface area contributed by atoms with Gasteiger partial charge in [-0.3, -0.25) is 9.97 Å². The maximum atomic E-state index is 9.90. The summed E-state index contributed by atoms with van der Waals surface area (Å²) in [7, 11) is 0. The van der Waals surface area contributed by atoms with Crippen molar-refractivity contribution >= 4 is 55.4 Å². The van der Waals surface area contributed by atoms with Crippen LogP contribution in [0, 0.1) is 22.7 Å². The highest BCUT2D eigenvalue weighted by Crippen LogP contribution is 2.63. The molecule has 258 valence electrons. The summed E-state index contributed by atoms with van der Waals surface area (Å²) in [5, 5.41) is 24.1. The molecule has 0 saturated carbocycles. The maximum absolute atomic E-state index is 9.90. The number of hydrogen-bond acceptors (Lipinski definition) is 5. The van der Waals surface area contributed by atoms with Crippen LogP contribution in [0.5, 0.6) is 0 Å². The number of nitrogens with zero attached hydrogens (tertiary/aromatic N) is 6. The second-order valence-electron chi connectivity index (χ2n) is 14.4. The van der Waals surface area contributed by atoms with Gasteiger partial charge in [-0.2, -0.15) is 10.5 Å². The number of rotatable bonds is 2. The van der Waals surface area contributed by atoms with Crippen LogP contribution in [0.4, 0.5) is 0 Å². The molecule has 1 aliphatic heterocycles. The van der Waals surface area contributed by atoms with Crippen LogP contribution in [-0.2, 0) is 5.41 Å². The standard InChI is InChI=1S/C49H26N6S/c50-27-29-19-21-41-33(25-29)31-9-1-3-15-39(31)54(41)43-17-5-11-37-47(43)56-48-38(49(37)35-13-7-23-52-45(35)46-36(49)14-8-24-53-46)12-6-18-44(48)55-40-16-4-2-10-32(40)34-26-30(28-51)20-22-42(34)55/h1-26H. The third-order valence-corrected chi connectivity index (χ3v) is 13.0. The topological polar surface area (TPSA) is 83.2 Å². The lowest BCUT2D eigenvalue weighted by Gasteiger charge is -2.40. The lowest BCUT2D eigenvalue weighted by Crippen LogP contribution is -2.33. The molecule has 0 bridgehead atoms. The zero-order valence-electron chi connectivity index (χ0n) is 29.6. The lowest BCUT2D eigenvalue weighted by molar-refractivity contribution is 0.714. The Bertz CT molecular complexity index is 3220. The van der Waals surface area contributed by atoms with Crippen molar-refractivity contribution in [3.05, 3.63) is 191 Å². The van der Waals surface area contributed by atoms with Crippen LogP contribution in [0.15, 0.2) is 168 Å². The van der Waals surface area contributed by atoms with Crippen LogP contribution >= 0.6 is 11.8 Å². The number of nitriles is 2. The van der Waals surface area contributed by atoms with Crippen molar-refractivity contribution in [2.75, 3.05) is 0 Å². The average Bonchev–Trinajstić information content (AvgIpc) is 3.87. The molecule has 5 heterocycles. The Morgan fingerprint density at radius 3 is 1.38 bits per heavy atom. The van der Waals surface area contributed by atoms with E-state index >= 15 is 0 Å². The molecular weight excluding hydrogens is 705 g/mol. The largest absolute Gasteiger partial charge is 0.308 e.